The highest BCUT2D eigenvalue weighted by atomic mass is 35.5. The third kappa shape index (κ3) is 9.28. The van der Waals surface area contributed by atoms with Gasteiger partial charge in [0.25, 0.3) is 5.56 Å². The molecule has 0 radical (unpaired) electrons. The minimum Gasteiger partial charge on any atom is -0.462 e. The van der Waals surface area contributed by atoms with E-state index in [2.05, 4.69) is 26.7 Å². The maximum Gasteiger partial charge on any atom is 0.306 e. The molecule has 1 aromatic carbocycles. The minimum atomic E-state index is -3.30. The summed E-state index contributed by atoms with van der Waals surface area (Å²) in [6.07, 6.45) is 9.69. The predicted octanol–water partition coefficient (Wildman–Crippen LogP) is 6.71. The Labute approximate surface area is 293 Å². The number of carbonyl (C=O) groups excluding carboxylic acids is 1. The first-order chi connectivity index (χ1) is 23.3. The molecule has 264 valence electrons. The van der Waals surface area contributed by atoms with Crippen LogP contribution in [0.25, 0.3) is 22.1 Å². The van der Waals surface area contributed by atoms with E-state index in [4.69, 9.17) is 37.5 Å². The van der Waals surface area contributed by atoms with Crippen molar-refractivity contribution in [2.24, 2.45) is 5.92 Å². The molecule has 2 aliphatic heterocycles. The second-order valence-corrected chi connectivity index (χ2v) is 13.3. The number of nitrogens with zero attached hydrogens (tertiary/aromatic N) is 3. The Morgan fingerprint density at radius 2 is 1.96 bits per heavy atom. The van der Waals surface area contributed by atoms with E-state index in [9.17, 15) is 9.59 Å². The van der Waals surface area contributed by atoms with Crippen LogP contribution in [-0.2, 0) is 20.9 Å². The van der Waals surface area contributed by atoms with Crippen molar-refractivity contribution in [3.63, 3.8) is 0 Å². The van der Waals surface area contributed by atoms with Crippen molar-refractivity contribution in [3.05, 3.63) is 67.9 Å². The quantitative estimate of drug-likeness (QED) is 0.135. The SMILES string of the molecule is C#CO.C1CCNC1.Cc1nc(C(F)(F)CCCOCC(=O)N2CC[C@](C)(c3cc(Cl)c[nH]c3=O)C(C)C2)nc2c1oc1cc(Cl)ccc12. The van der Waals surface area contributed by atoms with Crippen molar-refractivity contribution >= 4 is 51.2 Å². The van der Waals surface area contributed by atoms with E-state index in [0.717, 1.165) is 0 Å². The molecule has 2 atom stereocenters. The lowest BCUT2D eigenvalue weighted by atomic mass is 9.68. The average molecular weight is 721 g/mol. The molecule has 10 nitrogen and oxygen atoms in total. The summed E-state index contributed by atoms with van der Waals surface area (Å²) in [6.45, 7) is 8.75. The molecule has 3 aromatic heterocycles. The van der Waals surface area contributed by atoms with Crippen molar-refractivity contribution < 1.29 is 27.8 Å². The average Bonchev–Trinajstić information content (AvgIpc) is 3.76. The second kappa shape index (κ2) is 16.8. The summed E-state index contributed by atoms with van der Waals surface area (Å²) < 4.78 is 41.4. The van der Waals surface area contributed by atoms with E-state index >= 15 is 8.78 Å². The molecular formula is C35H41Cl2F2N5O5. The van der Waals surface area contributed by atoms with Gasteiger partial charge in [-0.1, -0.05) is 43.5 Å². The van der Waals surface area contributed by atoms with E-state index in [1.807, 2.05) is 13.8 Å². The van der Waals surface area contributed by atoms with Gasteiger partial charge in [0.05, 0.1) is 10.7 Å². The first-order valence-electron chi connectivity index (χ1n) is 16.1. The minimum absolute atomic E-state index is 0.00842. The van der Waals surface area contributed by atoms with Gasteiger partial charge in [0.1, 0.15) is 23.8 Å². The number of amides is 1. The van der Waals surface area contributed by atoms with Crippen LogP contribution in [0, 0.1) is 25.4 Å². The summed E-state index contributed by atoms with van der Waals surface area (Å²) in [5.41, 5.74) is 1.39. The van der Waals surface area contributed by atoms with Gasteiger partial charge in [-0.05, 0) is 69.8 Å². The lowest BCUT2D eigenvalue weighted by molar-refractivity contribution is -0.139. The first-order valence-corrected chi connectivity index (χ1v) is 16.9. The number of aliphatic hydroxyl groups is 1. The molecule has 4 aromatic rings. The van der Waals surface area contributed by atoms with Crippen molar-refractivity contribution in [2.75, 3.05) is 39.4 Å². The Hall–Kier alpha value is -3.76. The number of aryl methyl sites for hydroxylation is 1. The number of nitrogens with one attached hydrogen (secondary N) is 2. The third-order valence-electron chi connectivity index (χ3n) is 9.05. The zero-order valence-electron chi connectivity index (χ0n) is 27.8. The number of aromatic amines is 1. The van der Waals surface area contributed by atoms with Crippen molar-refractivity contribution in [1.82, 2.24) is 25.2 Å². The van der Waals surface area contributed by atoms with E-state index in [1.165, 1.54) is 38.2 Å². The maximum atomic E-state index is 15.1. The van der Waals surface area contributed by atoms with Gasteiger partial charge in [0.2, 0.25) is 5.91 Å². The highest BCUT2D eigenvalue weighted by Gasteiger charge is 2.41. The zero-order chi connectivity index (χ0) is 35.8. The second-order valence-electron chi connectivity index (χ2n) is 12.5. The standard InChI is InChI=1S/C29H30Cl2F2N4O4.C4H9N.C2H2O/c1-16-14-37(9-8-28(16,3)21-11-19(31)13-34-26(21)39)23(38)15-40-10-4-7-29(32,33)27-35-17(2)25-24(36-27)20-6-5-18(30)12-22(20)41-25;1-2-4-5-3-1;1-2-3/h5-6,11-13,16H,4,7-10,14-15H2,1-3H3,(H,34,39);5H,1-4H2;1,3H/t16?,28-;;/m0../s1. The number of rotatable bonds is 8. The highest BCUT2D eigenvalue weighted by Crippen LogP contribution is 2.39. The van der Waals surface area contributed by atoms with Crippen LogP contribution in [0.1, 0.15) is 63.0 Å². The van der Waals surface area contributed by atoms with Crippen molar-refractivity contribution in [2.45, 2.75) is 64.2 Å². The molecule has 49 heavy (non-hydrogen) atoms. The number of likely N-dealkylation sites (tertiary alicyclic amines) is 1. The first kappa shape index (κ1) is 38.0. The number of hydrogen-bond donors (Lipinski definition) is 3. The normalized spacial score (nSPS) is 19.1. The lowest BCUT2D eigenvalue weighted by Gasteiger charge is -2.44. The third-order valence-corrected chi connectivity index (χ3v) is 9.51. The number of halogens is 4. The fourth-order valence-corrected chi connectivity index (χ4v) is 6.37. The van der Waals surface area contributed by atoms with Crippen LogP contribution < -0.4 is 10.9 Å². The molecule has 0 bridgehead atoms. The van der Waals surface area contributed by atoms with Gasteiger partial charge < -0.3 is 29.5 Å². The van der Waals surface area contributed by atoms with E-state index < -0.39 is 23.6 Å². The molecule has 1 unspecified atom stereocenters. The largest absolute Gasteiger partial charge is 0.462 e. The Kier molecular flexibility index (Phi) is 13.0. The van der Waals surface area contributed by atoms with Gasteiger partial charge in [0, 0.05) is 59.8 Å². The van der Waals surface area contributed by atoms with Crippen molar-refractivity contribution in [1.29, 1.82) is 0 Å². The Morgan fingerprint density at radius 3 is 2.61 bits per heavy atom. The molecule has 0 aliphatic carbocycles. The molecule has 3 N–H and O–H groups in total. The fourth-order valence-electron chi connectivity index (χ4n) is 6.05. The Morgan fingerprint density at radius 1 is 1.24 bits per heavy atom. The van der Waals surface area contributed by atoms with Crippen LogP contribution in [0.5, 0.6) is 0 Å². The number of aliphatic hydroxyl groups excluding tert-OH is 1. The maximum absolute atomic E-state index is 15.1. The number of ether oxygens (including phenoxy) is 1. The number of carbonyl (C=O) groups is 1. The van der Waals surface area contributed by atoms with Gasteiger partial charge in [-0.15, -0.1) is 0 Å². The number of piperidine rings is 1. The van der Waals surface area contributed by atoms with E-state index in [-0.39, 0.29) is 37.0 Å². The summed E-state index contributed by atoms with van der Waals surface area (Å²) >= 11 is 12.1. The summed E-state index contributed by atoms with van der Waals surface area (Å²) in [4.78, 5) is 37.7. The number of alkyl halides is 2. The molecule has 6 rings (SSSR count). The molecule has 2 saturated heterocycles. The number of H-pyrrole nitrogens is 1. The fraction of sp³-hybridized carbons (Fsp3) is 0.486. The van der Waals surface area contributed by atoms with Gasteiger partial charge >= 0.3 is 5.92 Å². The van der Waals surface area contributed by atoms with Crippen LogP contribution in [0.3, 0.4) is 0 Å². The summed E-state index contributed by atoms with van der Waals surface area (Å²) in [5.74, 6) is -4.11. The van der Waals surface area contributed by atoms with Crippen LogP contribution in [0.4, 0.5) is 8.78 Å². The molecule has 1 amide bonds. The molecule has 0 spiro atoms. The van der Waals surface area contributed by atoms with E-state index in [1.54, 1.807) is 36.1 Å². The summed E-state index contributed by atoms with van der Waals surface area (Å²) in [5, 5.41) is 11.8. The topological polar surface area (TPSA) is 134 Å². The Balaban J connectivity index is 0.000000601. The molecule has 0 saturated carbocycles. The van der Waals surface area contributed by atoms with Crippen LogP contribution in [0.15, 0.2) is 39.7 Å². The molecule has 2 fully saturated rings. The number of hydrogen-bond acceptors (Lipinski definition) is 8. The number of terminal acetylenes is 1. The molecule has 5 heterocycles. The highest BCUT2D eigenvalue weighted by molar-refractivity contribution is 6.31. The van der Waals surface area contributed by atoms with Crippen LogP contribution in [-0.4, -0.2) is 70.3 Å². The number of aromatic nitrogens is 3. The molecule has 2 aliphatic rings. The summed E-state index contributed by atoms with van der Waals surface area (Å²) in [6, 6.07) is 6.63. The number of fused-ring (bicyclic) bond motifs is 3. The van der Waals surface area contributed by atoms with Crippen molar-refractivity contribution in [3.8, 4) is 12.5 Å². The summed E-state index contributed by atoms with van der Waals surface area (Å²) in [7, 11) is 0. The number of benzene rings is 1. The van der Waals surface area contributed by atoms with Gasteiger partial charge in [0.15, 0.2) is 11.4 Å². The number of pyridine rings is 1. The predicted molar refractivity (Wildman–Crippen MR) is 186 cm³/mol. The smallest absolute Gasteiger partial charge is 0.306 e. The zero-order valence-corrected chi connectivity index (χ0v) is 29.3. The molecule has 14 heteroatoms. The lowest BCUT2D eigenvalue weighted by Crippen LogP contribution is -2.51. The van der Waals surface area contributed by atoms with Gasteiger partial charge in [-0.25, -0.2) is 9.97 Å². The van der Waals surface area contributed by atoms with E-state index in [0.29, 0.717) is 62.9 Å². The van der Waals surface area contributed by atoms with Crippen LogP contribution >= 0.6 is 23.2 Å². The molecular weight excluding hydrogens is 679 g/mol. The number of furan rings is 1. The van der Waals surface area contributed by atoms with Gasteiger partial charge in [-0.3, -0.25) is 9.59 Å². The Bertz CT molecular complexity index is 1850. The van der Waals surface area contributed by atoms with Crippen LogP contribution in [0.2, 0.25) is 10.0 Å². The monoisotopic (exact) mass is 719 g/mol. The van der Waals surface area contributed by atoms with Gasteiger partial charge in [-0.2, -0.15) is 8.78 Å².